The molecule has 2 aromatic rings. The summed E-state index contributed by atoms with van der Waals surface area (Å²) in [5.41, 5.74) is 1.99. The van der Waals surface area contributed by atoms with Crippen molar-refractivity contribution < 1.29 is 18.3 Å². The van der Waals surface area contributed by atoms with Gasteiger partial charge in [-0.25, -0.2) is 8.78 Å². The van der Waals surface area contributed by atoms with E-state index in [0.29, 0.717) is 18.8 Å². The average Bonchev–Trinajstić information content (AvgIpc) is 3.09. The van der Waals surface area contributed by atoms with Crippen molar-refractivity contribution in [2.75, 3.05) is 29.9 Å². The van der Waals surface area contributed by atoms with E-state index in [9.17, 15) is 13.6 Å². The Balaban J connectivity index is 1.65. The zero-order valence-corrected chi connectivity index (χ0v) is 14.9. The lowest BCUT2D eigenvalue weighted by molar-refractivity contribution is -0.118. The largest absolute Gasteiger partial charge is 0.483 e. The Morgan fingerprint density at radius 3 is 2.42 bits per heavy atom. The summed E-state index contributed by atoms with van der Waals surface area (Å²) in [6.07, 6.45) is 1.85. The van der Waals surface area contributed by atoms with Crippen molar-refractivity contribution in [3.05, 3.63) is 53.1 Å². The first-order valence-corrected chi connectivity index (χ1v) is 8.68. The molecule has 1 amide bonds. The molecule has 0 spiro atoms. The number of carbonyl (C=O) groups is 1. The standard InChI is InChI=1S/C20H22F2N2O2/c1-13-5-6-14(2)18(9-13)26-12-19(25)23-15-10-16(21)20(17(22)11-15)24-7-3-4-8-24/h5-6,9-11H,3-4,7-8,12H2,1-2H3,(H,23,25). The maximum absolute atomic E-state index is 14.3. The number of anilines is 2. The average molecular weight is 360 g/mol. The first-order chi connectivity index (χ1) is 12.4. The van der Waals surface area contributed by atoms with Gasteiger partial charge in [-0.2, -0.15) is 0 Å². The summed E-state index contributed by atoms with van der Waals surface area (Å²) >= 11 is 0. The van der Waals surface area contributed by atoms with Gasteiger partial charge in [0.25, 0.3) is 5.91 Å². The van der Waals surface area contributed by atoms with Gasteiger partial charge in [-0.3, -0.25) is 4.79 Å². The first-order valence-electron chi connectivity index (χ1n) is 8.68. The van der Waals surface area contributed by atoms with Crippen LogP contribution in [0.3, 0.4) is 0 Å². The Kier molecular flexibility index (Phi) is 5.40. The molecule has 26 heavy (non-hydrogen) atoms. The molecule has 138 valence electrons. The number of halogens is 2. The molecule has 4 nitrogen and oxygen atoms in total. The van der Waals surface area contributed by atoms with E-state index in [1.165, 1.54) is 0 Å². The predicted octanol–water partition coefficient (Wildman–Crippen LogP) is 4.20. The second kappa shape index (κ2) is 7.72. The van der Waals surface area contributed by atoms with Crippen LogP contribution < -0.4 is 15.0 Å². The first kappa shape index (κ1) is 18.2. The van der Waals surface area contributed by atoms with Crippen LogP contribution in [-0.4, -0.2) is 25.6 Å². The Hall–Kier alpha value is -2.63. The highest BCUT2D eigenvalue weighted by molar-refractivity contribution is 5.92. The third-order valence-electron chi connectivity index (χ3n) is 4.43. The number of hydrogen-bond acceptors (Lipinski definition) is 3. The number of amides is 1. The Labute approximate surface area is 151 Å². The van der Waals surface area contributed by atoms with Crippen LogP contribution in [0.15, 0.2) is 30.3 Å². The molecule has 1 aliphatic rings. The predicted molar refractivity (Wildman–Crippen MR) is 97.8 cm³/mol. The van der Waals surface area contributed by atoms with E-state index >= 15 is 0 Å². The normalized spacial score (nSPS) is 13.8. The molecule has 0 radical (unpaired) electrons. The Morgan fingerprint density at radius 1 is 1.12 bits per heavy atom. The molecule has 0 saturated carbocycles. The van der Waals surface area contributed by atoms with E-state index < -0.39 is 17.5 Å². The van der Waals surface area contributed by atoms with Crippen molar-refractivity contribution in [1.82, 2.24) is 0 Å². The fourth-order valence-corrected chi connectivity index (χ4v) is 3.08. The molecule has 0 aromatic heterocycles. The molecule has 3 rings (SSSR count). The third-order valence-corrected chi connectivity index (χ3v) is 4.43. The molecular weight excluding hydrogens is 338 g/mol. The minimum atomic E-state index is -0.669. The van der Waals surface area contributed by atoms with Crippen LogP contribution in [-0.2, 0) is 4.79 Å². The lowest BCUT2D eigenvalue weighted by Gasteiger charge is -2.20. The summed E-state index contributed by atoms with van der Waals surface area (Å²) in [6.45, 7) is 4.86. The van der Waals surface area contributed by atoms with Gasteiger partial charge in [0.15, 0.2) is 18.2 Å². The lowest BCUT2D eigenvalue weighted by Crippen LogP contribution is -2.22. The number of benzene rings is 2. The Morgan fingerprint density at radius 2 is 1.77 bits per heavy atom. The molecule has 6 heteroatoms. The summed E-state index contributed by atoms with van der Waals surface area (Å²) in [4.78, 5) is 13.7. The highest BCUT2D eigenvalue weighted by atomic mass is 19.1. The van der Waals surface area contributed by atoms with Crippen molar-refractivity contribution in [3.8, 4) is 5.75 Å². The molecule has 1 saturated heterocycles. The fraction of sp³-hybridized carbons (Fsp3) is 0.350. The molecule has 0 bridgehead atoms. The van der Waals surface area contributed by atoms with Gasteiger partial charge >= 0.3 is 0 Å². The summed E-state index contributed by atoms with van der Waals surface area (Å²) in [7, 11) is 0. The number of hydrogen-bond donors (Lipinski definition) is 1. The van der Waals surface area contributed by atoms with E-state index in [2.05, 4.69) is 5.32 Å². The van der Waals surface area contributed by atoms with Gasteiger partial charge in [-0.1, -0.05) is 12.1 Å². The zero-order valence-electron chi connectivity index (χ0n) is 14.9. The second-order valence-electron chi connectivity index (χ2n) is 6.59. The number of carbonyl (C=O) groups excluding carboxylic acids is 1. The molecule has 2 aromatic carbocycles. The van der Waals surface area contributed by atoms with E-state index in [1.54, 1.807) is 4.90 Å². The van der Waals surface area contributed by atoms with Crippen LogP contribution in [0, 0.1) is 25.5 Å². The van der Waals surface area contributed by atoms with E-state index in [0.717, 1.165) is 36.1 Å². The van der Waals surface area contributed by atoms with E-state index in [4.69, 9.17) is 4.74 Å². The van der Waals surface area contributed by atoms with Crippen molar-refractivity contribution in [2.45, 2.75) is 26.7 Å². The van der Waals surface area contributed by atoms with Gasteiger partial charge in [-0.05, 0) is 56.0 Å². The highest BCUT2D eigenvalue weighted by Crippen LogP contribution is 2.29. The summed E-state index contributed by atoms with van der Waals surface area (Å²) < 4.78 is 34.1. The zero-order chi connectivity index (χ0) is 18.7. The minimum Gasteiger partial charge on any atom is -0.483 e. The number of ether oxygens (including phenoxy) is 1. The molecule has 0 atom stereocenters. The summed E-state index contributed by atoms with van der Waals surface area (Å²) in [5, 5.41) is 2.48. The number of nitrogens with one attached hydrogen (secondary N) is 1. The van der Waals surface area contributed by atoms with Gasteiger partial charge in [0.1, 0.15) is 11.4 Å². The molecular formula is C20H22F2N2O2. The second-order valence-corrected chi connectivity index (χ2v) is 6.59. The van der Waals surface area contributed by atoms with Crippen LogP contribution in [0.4, 0.5) is 20.2 Å². The monoisotopic (exact) mass is 360 g/mol. The topological polar surface area (TPSA) is 41.6 Å². The molecule has 0 aliphatic carbocycles. The van der Waals surface area contributed by atoms with Crippen molar-refractivity contribution >= 4 is 17.3 Å². The minimum absolute atomic E-state index is 0.0212. The van der Waals surface area contributed by atoms with Gasteiger partial charge in [-0.15, -0.1) is 0 Å². The van der Waals surface area contributed by atoms with Crippen LogP contribution in [0.5, 0.6) is 5.75 Å². The fourth-order valence-electron chi connectivity index (χ4n) is 3.08. The van der Waals surface area contributed by atoms with E-state index in [-0.39, 0.29) is 18.0 Å². The number of aryl methyl sites for hydroxylation is 2. The van der Waals surface area contributed by atoms with Crippen LogP contribution in [0.1, 0.15) is 24.0 Å². The molecule has 1 aliphatic heterocycles. The Bertz CT molecular complexity index is 794. The highest BCUT2D eigenvalue weighted by Gasteiger charge is 2.21. The molecule has 1 N–H and O–H groups in total. The molecule has 1 heterocycles. The van der Waals surface area contributed by atoms with Crippen molar-refractivity contribution in [1.29, 1.82) is 0 Å². The van der Waals surface area contributed by atoms with Crippen LogP contribution >= 0.6 is 0 Å². The van der Waals surface area contributed by atoms with Crippen molar-refractivity contribution in [3.63, 3.8) is 0 Å². The summed E-state index contributed by atoms with van der Waals surface area (Å²) in [6, 6.07) is 7.99. The van der Waals surface area contributed by atoms with Gasteiger partial charge < -0.3 is 15.0 Å². The number of nitrogens with zero attached hydrogens (tertiary/aromatic N) is 1. The quantitative estimate of drug-likeness (QED) is 0.869. The maximum Gasteiger partial charge on any atom is 0.262 e. The van der Waals surface area contributed by atoms with Gasteiger partial charge in [0, 0.05) is 18.8 Å². The lowest BCUT2D eigenvalue weighted by atomic mass is 10.1. The molecule has 0 unspecified atom stereocenters. The summed E-state index contributed by atoms with van der Waals surface area (Å²) in [5.74, 6) is -1.20. The van der Waals surface area contributed by atoms with Gasteiger partial charge in [0.2, 0.25) is 0 Å². The van der Waals surface area contributed by atoms with Crippen LogP contribution in [0.2, 0.25) is 0 Å². The van der Waals surface area contributed by atoms with Crippen LogP contribution in [0.25, 0.3) is 0 Å². The van der Waals surface area contributed by atoms with Crippen molar-refractivity contribution in [2.24, 2.45) is 0 Å². The smallest absolute Gasteiger partial charge is 0.262 e. The van der Waals surface area contributed by atoms with E-state index in [1.807, 2.05) is 32.0 Å². The SMILES string of the molecule is Cc1ccc(C)c(OCC(=O)Nc2cc(F)c(N3CCCC3)c(F)c2)c1. The third kappa shape index (κ3) is 4.12. The van der Waals surface area contributed by atoms with Gasteiger partial charge in [0.05, 0.1) is 0 Å². The number of rotatable bonds is 5. The maximum atomic E-state index is 14.3. The molecule has 1 fully saturated rings.